The lowest BCUT2D eigenvalue weighted by Gasteiger charge is -2.28. The quantitative estimate of drug-likeness (QED) is 0.128. The Morgan fingerprint density at radius 1 is 0.338 bits per heavy atom. The van der Waals surface area contributed by atoms with Crippen LogP contribution >= 0.6 is 0 Å². The van der Waals surface area contributed by atoms with Crippen molar-refractivity contribution in [2.24, 2.45) is 0 Å². The summed E-state index contributed by atoms with van der Waals surface area (Å²) in [7, 11) is 0. The molecule has 0 bridgehead atoms. The van der Waals surface area contributed by atoms with E-state index >= 15 is 0 Å². The molecule has 376 valence electrons. The maximum absolute atomic E-state index is 6.32. The minimum atomic E-state index is 0.0229. The summed E-state index contributed by atoms with van der Waals surface area (Å²) in [5.41, 5.74) is 14.4. The minimum absolute atomic E-state index is 0.0229. The number of ether oxygens (including phenoxy) is 1. The van der Waals surface area contributed by atoms with E-state index in [2.05, 4.69) is 290 Å². The van der Waals surface area contributed by atoms with Gasteiger partial charge in [0.1, 0.15) is 5.75 Å². The first-order chi connectivity index (χ1) is 37.4. The Morgan fingerprint density at radius 3 is 1.05 bits per heavy atom. The van der Waals surface area contributed by atoms with E-state index in [1.165, 1.54) is 98.0 Å². The van der Waals surface area contributed by atoms with Gasteiger partial charge in [0.25, 0.3) is 0 Å². The van der Waals surface area contributed by atoms with Gasteiger partial charge in [-0.2, -0.15) is 0 Å². The van der Waals surface area contributed by atoms with Crippen LogP contribution in [0.2, 0.25) is 0 Å². The summed E-state index contributed by atoms with van der Waals surface area (Å²) < 4.78 is 6.32. The van der Waals surface area contributed by atoms with Gasteiger partial charge in [-0.05, 0) is 184 Å². The second-order valence-corrected chi connectivity index (χ2v) is 23.1. The third-order valence-electron chi connectivity index (χ3n) is 16.2. The molecule has 13 aromatic rings. The molecule has 3 nitrogen and oxygen atoms in total. The van der Waals surface area contributed by atoms with Crippen molar-refractivity contribution in [1.82, 2.24) is 0 Å². The van der Waals surface area contributed by atoms with Gasteiger partial charge >= 0.3 is 0 Å². The van der Waals surface area contributed by atoms with Gasteiger partial charge < -0.3 is 14.5 Å². The van der Waals surface area contributed by atoms with Crippen LogP contribution in [0.5, 0.6) is 5.75 Å². The minimum Gasteiger partial charge on any atom is -0.491 e. The number of fused-ring (bicyclic) bond motifs is 6. The number of hydrogen-bond donors (Lipinski definition) is 0. The highest BCUT2D eigenvalue weighted by atomic mass is 16.5. The van der Waals surface area contributed by atoms with Crippen LogP contribution in [-0.4, -0.2) is 6.10 Å². The number of nitrogens with zero attached hydrogens (tertiary/aromatic N) is 2. The number of hydrogen-bond acceptors (Lipinski definition) is 3. The van der Waals surface area contributed by atoms with E-state index in [1.54, 1.807) is 0 Å². The van der Waals surface area contributed by atoms with E-state index in [1.807, 2.05) is 0 Å². The molecule has 0 aliphatic carbocycles. The molecule has 3 heteroatoms. The molecular weight excluding hydrogens is 933 g/mol. The SMILES string of the molecule is CCC(C)Oc1ccc(N(c2ccc(C(C)(C)C)cc2)c2ccc3c4c(-c5ccccc5)c5c6cccc7c(N(c8ccccc8)c8ccc(C(C)(C)C)cc8)ccc(c5c(-c5ccccc5)c4c4cccc2c43)c76)cc1. The largest absolute Gasteiger partial charge is 0.491 e. The van der Waals surface area contributed by atoms with E-state index in [0.29, 0.717) is 0 Å². The maximum atomic E-state index is 6.32. The predicted octanol–water partition coefficient (Wildman–Crippen LogP) is 21.5. The lowest BCUT2D eigenvalue weighted by molar-refractivity contribution is 0.217. The van der Waals surface area contributed by atoms with E-state index < -0.39 is 0 Å². The van der Waals surface area contributed by atoms with Crippen LogP contribution in [-0.2, 0) is 10.8 Å². The lowest BCUT2D eigenvalue weighted by Crippen LogP contribution is -2.13. The zero-order valence-corrected chi connectivity index (χ0v) is 45.4. The highest BCUT2D eigenvalue weighted by molar-refractivity contribution is 6.47. The fraction of sp³-hybridized carbons (Fsp3) is 0.162. The Hall–Kier alpha value is -8.66. The van der Waals surface area contributed by atoms with Crippen LogP contribution < -0.4 is 14.5 Å². The van der Waals surface area contributed by atoms with Crippen LogP contribution in [0.3, 0.4) is 0 Å². The normalized spacial score (nSPS) is 12.7. The summed E-state index contributed by atoms with van der Waals surface area (Å²) in [5, 5.41) is 15.2. The molecule has 0 spiro atoms. The van der Waals surface area contributed by atoms with Crippen LogP contribution in [0.15, 0.2) is 224 Å². The van der Waals surface area contributed by atoms with E-state index in [4.69, 9.17) is 4.74 Å². The standard InChI is InChI=1S/C74H64N2O/c1-9-47(2)77-56-41-39-55(40-42-56)76(54-37-33-51(34-38-54)74(6,7)8)64-46-44-62-68-58(64)28-20-30-60(68)70-66(49-23-15-11-16-24-49)71-61-43-45-63(75(52-25-17-12-18-26-52)53-35-31-50(32-36-53)73(3,4)5)57-27-19-29-59(67(57)61)69(71)65(72(62)70)48-21-13-10-14-22-48/h10-47H,9H2,1-8H3. The van der Waals surface area contributed by atoms with E-state index in [0.717, 1.165) is 46.3 Å². The predicted molar refractivity (Wildman–Crippen MR) is 332 cm³/mol. The summed E-state index contributed by atoms with van der Waals surface area (Å²) in [6, 6.07) is 83.8. The van der Waals surface area contributed by atoms with E-state index in [9.17, 15) is 0 Å². The molecular formula is C74H64N2O. The van der Waals surface area contributed by atoms with Gasteiger partial charge in [-0.3, -0.25) is 0 Å². The molecule has 77 heavy (non-hydrogen) atoms. The van der Waals surface area contributed by atoms with Crippen molar-refractivity contribution in [3.63, 3.8) is 0 Å². The van der Waals surface area contributed by atoms with Gasteiger partial charge in [-0.25, -0.2) is 0 Å². The first kappa shape index (κ1) is 48.0. The van der Waals surface area contributed by atoms with Crippen LogP contribution in [0, 0.1) is 0 Å². The molecule has 0 radical (unpaired) electrons. The third-order valence-corrected chi connectivity index (χ3v) is 16.2. The molecule has 13 rings (SSSR count). The maximum Gasteiger partial charge on any atom is 0.119 e. The topological polar surface area (TPSA) is 15.7 Å². The van der Waals surface area contributed by atoms with Gasteiger partial charge in [0, 0.05) is 33.5 Å². The van der Waals surface area contributed by atoms with Crippen molar-refractivity contribution in [2.75, 3.05) is 9.80 Å². The lowest BCUT2D eigenvalue weighted by atomic mass is 9.87. The Balaban J connectivity index is 1.13. The monoisotopic (exact) mass is 997 g/mol. The molecule has 0 aromatic heterocycles. The molecule has 0 heterocycles. The van der Waals surface area contributed by atoms with Gasteiger partial charge in [0.05, 0.1) is 17.5 Å². The molecule has 0 aliphatic heterocycles. The van der Waals surface area contributed by atoms with Crippen LogP contribution in [0.4, 0.5) is 34.1 Å². The first-order valence-electron chi connectivity index (χ1n) is 27.5. The Kier molecular flexibility index (Phi) is 11.6. The number of anilines is 6. The zero-order chi connectivity index (χ0) is 52.7. The molecule has 0 N–H and O–H groups in total. The summed E-state index contributed by atoms with van der Waals surface area (Å²) in [6.45, 7) is 18.0. The second-order valence-electron chi connectivity index (χ2n) is 23.1. The molecule has 13 aromatic carbocycles. The molecule has 1 unspecified atom stereocenters. The number of para-hydroxylation sites is 1. The highest BCUT2D eigenvalue weighted by Gasteiger charge is 2.30. The third kappa shape index (κ3) is 8.02. The van der Waals surface area contributed by atoms with Gasteiger partial charge in [-0.15, -0.1) is 0 Å². The molecule has 1 atom stereocenters. The van der Waals surface area contributed by atoms with Gasteiger partial charge in [-0.1, -0.05) is 200 Å². The molecule has 0 saturated heterocycles. The van der Waals surface area contributed by atoms with Crippen molar-refractivity contribution >= 4 is 98.8 Å². The Labute approximate surface area is 453 Å². The second kappa shape index (κ2) is 18.6. The van der Waals surface area contributed by atoms with E-state index in [-0.39, 0.29) is 16.9 Å². The van der Waals surface area contributed by atoms with Crippen molar-refractivity contribution in [3.8, 4) is 28.0 Å². The Bertz CT molecular complexity index is 4170. The van der Waals surface area contributed by atoms with Crippen LogP contribution in [0.25, 0.3) is 86.9 Å². The fourth-order valence-corrected chi connectivity index (χ4v) is 12.3. The summed E-state index contributed by atoms with van der Waals surface area (Å²) in [5.74, 6) is 0.879. The van der Waals surface area contributed by atoms with Crippen molar-refractivity contribution in [1.29, 1.82) is 0 Å². The number of benzene rings is 11. The molecule has 0 amide bonds. The smallest absolute Gasteiger partial charge is 0.119 e. The van der Waals surface area contributed by atoms with Crippen molar-refractivity contribution in [3.05, 3.63) is 236 Å². The first-order valence-corrected chi connectivity index (χ1v) is 27.5. The number of rotatable bonds is 11. The molecule has 0 aliphatic rings. The molecule has 0 fully saturated rings. The van der Waals surface area contributed by atoms with Crippen molar-refractivity contribution < 1.29 is 4.74 Å². The highest BCUT2D eigenvalue weighted by Crippen LogP contribution is 2.58. The average Bonchev–Trinajstić information content (AvgIpc) is 4.21. The Morgan fingerprint density at radius 2 is 0.675 bits per heavy atom. The summed E-state index contributed by atoms with van der Waals surface area (Å²) in [4.78, 5) is 4.88. The summed E-state index contributed by atoms with van der Waals surface area (Å²) in [6.07, 6.45) is 1.08. The van der Waals surface area contributed by atoms with Crippen molar-refractivity contribution in [2.45, 2.75) is 78.7 Å². The summed E-state index contributed by atoms with van der Waals surface area (Å²) >= 11 is 0. The zero-order valence-electron chi connectivity index (χ0n) is 45.4. The fourth-order valence-electron chi connectivity index (χ4n) is 12.3. The average molecular weight is 997 g/mol. The van der Waals surface area contributed by atoms with Gasteiger partial charge in [0.2, 0.25) is 0 Å². The van der Waals surface area contributed by atoms with Gasteiger partial charge in [0.15, 0.2) is 0 Å². The van der Waals surface area contributed by atoms with Crippen LogP contribution in [0.1, 0.15) is 72.9 Å². The molecule has 0 saturated carbocycles.